The SMILES string of the molecule is CCOC(=O)c1ccc2cc(-c3nc4ccccc4s3)c(=O)oc2c1. The predicted molar refractivity (Wildman–Crippen MR) is 97.1 cm³/mol. The number of aromatic nitrogens is 1. The van der Waals surface area contributed by atoms with Gasteiger partial charge in [0.1, 0.15) is 10.6 Å². The highest BCUT2D eigenvalue weighted by atomic mass is 32.1. The Hall–Kier alpha value is -2.99. The van der Waals surface area contributed by atoms with Gasteiger partial charge in [0, 0.05) is 5.39 Å². The topological polar surface area (TPSA) is 69.4 Å². The fourth-order valence-electron chi connectivity index (χ4n) is 2.59. The van der Waals surface area contributed by atoms with Gasteiger partial charge in [-0.2, -0.15) is 0 Å². The molecule has 0 radical (unpaired) electrons. The number of benzene rings is 2. The first-order chi connectivity index (χ1) is 12.2. The molecule has 0 unspecified atom stereocenters. The van der Waals surface area contributed by atoms with Crippen molar-refractivity contribution in [1.29, 1.82) is 0 Å². The number of nitrogens with zero attached hydrogens (tertiary/aromatic N) is 1. The average molecular weight is 351 g/mol. The Labute approximate surface area is 146 Å². The van der Waals surface area contributed by atoms with Crippen LogP contribution in [-0.2, 0) is 4.74 Å². The normalized spacial score (nSPS) is 11.1. The lowest BCUT2D eigenvalue weighted by molar-refractivity contribution is 0.0526. The van der Waals surface area contributed by atoms with Gasteiger partial charge in [-0.3, -0.25) is 0 Å². The molecular weight excluding hydrogens is 338 g/mol. The zero-order valence-corrected chi connectivity index (χ0v) is 14.1. The zero-order valence-electron chi connectivity index (χ0n) is 13.3. The minimum atomic E-state index is -0.479. The van der Waals surface area contributed by atoms with E-state index in [1.807, 2.05) is 24.3 Å². The molecule has 2 aromatic heterocycles. The Morgan fingerprint density at radius 1 is 1.20 bits per heavy atom. The van der Waals surface area contributed by atoms with Crippen molar-refractivity contribution in [1.82, 2.24) is 4.98 Å². The highest BCUT2D eigenvalue weighted by Gasteiger charge is 2.14. The molecule has 2 aromatic carbocycles. The fraction of sp³-hybridized carbons (Fsp3) is 0.105. The van der Waals surface area contributed by atoms with E-state index < -0.39 is 11.6 Å². The molecule has 0 aliphatic carbocycles. The molecule has 0 N–H and O–H groups in total. The van der Waals surface area contributed by atoms with Gasteiger partial charge in [0.2, 0.25) is 0 Å². The summed E-state index contributed by atoms with van der Waals surface area (Å²) in [6.45, 7) is 2.03. The fourth-order valence-corrected chi connectivity index (χ4v) is 3.56. The molecule has 4 rings (SSSR count). The van der Waals surface area contributed by atoms with E-state index >= 15 is 0 Å². The van der Waals surface area contributed by atoms with E-state index in [0.29, 0.717) is 21.7 Å². The van der Waals surface area contributed by atoms with Gasteiger partial charge in [0.25, 0.3) is 0 Å². The predicted octanol–water partition coefficient (Wildman–Crippen LogP) is 4.25. The molecule has 124 valence electrons. The van der Waals surface area contributed by atoms with Crippen molar-refractivity contribution in [3.63, 3.8) is 0 Å². The van der Waals surface area contributed by atoms with Crippen LogP contribution in [0, 0.1) is 0 Å². The highest BCUT2D eigenvalue weighted by molar-refractivity contribution is 7.21. The van der Waals surface area contributed by atoms with Crippen molar-refractivity contribution in [3.8, 4) is 10.6 Å². The van der Waals surface area contributed by atoms with Crippen LogP contribution in [0.1, 0.15) is 17.3 Å². The first kappa shape index (κ1) is 15.5. The monoisotopic (exact) mass is 351 g/mol. The van der Waals surface area contributed by atoms with E-state index in [1.54, 1.807) is 25.1 Å². The van der Waals surface area contributed by atoms with Gasteiger partial charge < -0.3 is 9.15 Å². The van der Waals surface area contributed by atoms with Crippen LogP contribution in [0.5, 0.6) is 0 Å². The summed E-state index contributed by atoms with van der Waals surface area (Å²) in [5.74, 6) is -0.442. The summed E-state index contributed by atoms with van der Waals surface area (Å²) >= 11 is 1.44. The Kier molecular flexibility index (Phi) is 3.82. The second-order valence-electron chi connectivity index (χ2n) is 5.41. The van der Waals surface area contributed by atoms with Crippen molar-refractivity contribution >= 4 is 38.5 Å². The van der Waals surface area contributed by atoms with Crippen LogP contribution >= 0.6 is 11.3 Å². The van der Waals surface area contributed by atoms with Crippen LogP contribution in [0.4, 0.5) is 0 Å². The molecule has 6 heteroatoms. The summed E-state index contributed by atoms with van der Waals surface area (Å²) in [7, 11) is 0. The summed E-state index contributed by atoms with van der Waals surface area (Å²) in [4.78, 5) is 28.7. The first-order valence-corrected chi connectivity index (χ1v) is 8.58. The second-order valence-corrected chi connectivity index (χ2v) is 6.44. The number of esters is 1. The van der Waals surface area contributed by atoms with Gasteiger partial charge in [-0.15, -0.1) is 11.3 Å². The molecule has 0 saturated heterocycles. The van der Waals surface area contributed by atoms with Crippen molar-refractivity contribution in [3.05, 3.63) is 64.5 Å². The minimum absolute atomic E-state index is 0.289. The van der Waals surface area contributed by atoms with Crippen LogP contribution in [0.2, 0.25) is 0 Å². The molecule has 0 saturated carbocycles. The van der Waals surface area contributed by atoms with Gasteiger partial charge in [0.05, 0.1) is 28.0 Å². The summed E-state index contributed by atoms with van der Waals surface area (Å²) in [6.07, 6.45) is 0. The number of fused-ring (bicyclic) bond motifs is 2. The first-order valence-electron chi connectivity index (χ1n) is 7.76. The number of hydrogen-bond donors (Lipinski definition) is 0. The van der Waals surface area contributed by atoms with Crippen LogP contribution in [0.3, 0.4) is 0 Å². The summed E-state index contributed by atoms with van der Waals surface area (Å²) in [5.41, 5.74) is 1.48. The third-order valence-electron chi connectivity index (χ3n) is 3.77. The maximum atomic E-state index is 12.4. The van der Waals surface area contributed by atoms with Gasteiger partial charge >= 0.3 is 11.6 Å². The van der Waals surface area contributed by atoms with Crippen molar-refractivity contribution in [2.24, 2.45) is 0 Å². The standard InChI is InChI=1S/C19H13NO4S/c1-2-23-18(21)12-8-7-11-9-13(19(22)24-15(11)10-12)17-20-14-5-3-4-6-16(14)25-17/h3-10H,2H2,1H3. The lowest BCUT2D eigenvalue weighted by Crippen LogP contribution is -2.06. The number of thiazole rings is 1. The van der Waals surface area contributed by atoms with Crippen molar-refractivity contribution < 1.29 is 13.9 Å². The lowest BCUT2D eigenvalue weighted by Gasteiger charge is -2.03. The largest absolute Gasteiger partial charge is 0.462 e. The molecule has 0 aliphatic rings. The van der Waals surface area contributed by atoms with E-state index in [1.165, 1.54) is 17.4 Å². The van der Waals surface area contributed by atoms with E-state index in [4.69, 9.17) is 9.15 Å². The van der Waals surface area contributed by atoms with Gasteiger partial charge in [-0.1, -0.05) is 18.2 Å². The molecule has 0 atom stereocenters. The van der Waals surface area contributed by atoms with Gasteiger partial charge in [-0.05, 0) is 37.3 Å². The summed E-state index contributed by atoms with van der Waals surface area (Å²) < 4.78 is 11.4. The number of carbonyl (C=O) groups excluding carboxylic acids is 1. The Balaban J connectivity index is 1.83. The van der Waals surface area contributed by atoms with Crippen molar-refractivity contribution in [2.45, 2.75) is 6.92 Å². The molecule has 0 aliphatic heterocycles. The van der Waals surface area contributed by atoms with Crippen LogP contribution in [0.25, 0.3) is 31.8 Å². The molecule has 25 heavy (non-hydrogen) atoms. The van der Waals surface area contributed by atoms with Crippen LogP contribution in [0.15, 0.2) is 57.7 Å². The number of para-hydroxylation sites is 1. The molecule has 0 spiro atoms. The quantitative estimate of drug-likeness (QED) is 0.408. The average Bonchev–Trinajstić information content (AvgIpc) is 3.04. The Morgan fingerprint density at radius 3 is 2.84 bits per heavy atom. The third-order valence-corrected chi connectivity index (χ3v) is 4.84. The molecule has 4 aromatic rings. The molecule has 0 amide bonds. The summed E-state index contributed by atoms with van der Waals surface area (Å²) in [5, 5.41) is 1.34. The minimum Gasteiger partial charge on any atom is -0.462 e. The maximum Gasteiger partial charge on any atom is 0.346 e. The molecule has 5 nitrogen and oxygen atoms in total. The number of rotatable bonds is 3. The molecular formula is C19H13NO4S. The Bertz CT molecular complexity index is 1130. The maximum absolute atomic E-state index is 12.4. The third kappa shape index (κ3) is 2.81. The molecule has 0 bridgehead atoms. The summed E-state index contributed by atoms with van der Waals surface area (Å²) in [6, 6.07) is 14.4. The van der Waals surface area contributed by atoms with E-state index in [9.17, 15) is 9.59 Å². The van der Waals surface area contributed by atoms with Gasteiger partial charge in [-0.25, -0.2) is 14.6 Å². The number of ether oxygens (including phenoxy) is 1. The van der Waals surface area contributed by atoms with Gasteiger partial charge in [0.15, 0.2) is 0 Å². The highest BCUT2D eigenvalue weighted by Crippen LogP contribution is 2.29. The van der Waals surface area contributed by atoms with E-state index in [2.05, 4.69) is 4.98 Å². The number of carbonyl (C=O) groups is 1. The Morgan fingerprint density at radius 2 is 2.04 bits per heavy atom. The van der Waals surface area contributed by atoms with Crippen molar-refractivity contribution in [2.75, 3.05) is 6.61 Å². The zero-order chi connectivity index (χ0) is 17.4. The second kappa shape index (κ2) is 6.14. The van der Waals surface area contributed by atoms with Crippen LogP contribution in [-0.4, -0.2) is 17.6 Å². The smallest absolute Gasteiger partial charge is 0.346 e. The lowest BCUT2D eigenvalue weighted by atomic mass is 10.1. The molecule has 0 fully saturated rings. The number of hydrogen-bond acceptors (Lipinski definition) is 6. The van der Waals surface area contributed by atoms with E-state index in [0.717, 1.165) is 15.6 Å². The van der Waals surface area contributed by atoms with E-state index in [-0.39, 0.29) is 6.61 Å². The molecule has 2 heterocycles. The van der Waals surface area contributed by atoms with Crippen LogP contribution < -0.4 is 5.63 Å².